The topological polar surface area (TPSA) is 138 Å². The van der Waals surface area contributed by atoms with Crippen molar-refractivity contribution in [3.8, 4) is 0 Å². The highest BCUT2D eigenvalue weighted by Gasteiger charge is 2.20. The predicted octanol–water partition coefficient (Wildman–Crippen LogP) is 1.18. The fraction of sp³-hybridized carbons (Fsp3) is 0.150. The number of aromatic amines is 1. The summed E-state index contributed by atoms with van der Waals surface area (Å²) in [6, 6.07) is 10.4. The minimum atomic E-state index is -3.91. The van der Waals surface area contributed by atoms with E-state index in [1.807, 2.05) is 12.1 Å². The van der Waals surface area contributed by atoms with E-state index in [0.717, 1.165) is 10.9 Å². The number of aromatic nitrogens is 3. The number of fused-ring (bicyclic) bond motifs is 2. The van der Waals surface area contributed by atoms with Crippen molar-refractivity contribution < 1.29 is 18.0 Å². The lowest BCUT2D eigenvalue weighted by Crippen LogP contribution is -2.32. The summed E-state index contributed by atoms with van der Waals surface area (Å²) in [5.74, 6) is -0.667. The van der Waals surface area contributed by atoms with Gasteiger partial charge in [-0.2, -0.15) is 0 Å². The van der Waals surface area contributed by atoms with E-state index in [4.69, 9.17) is 0 Å². The van der Waals surface area contributed by atoms with Crippen LogP contribution in [0.25, 0.3) is 21.9 Å². The lowest BCUT2D eigenvalue weighted by atomic mass is 10.2. The SMILES string of the molecule is CNC(=O)Cn1ccc2ccc(NC(=O)CNS(=O)(=O)c3c[nH]c4ncccc34)cc21. The molecule has 0 aliphatic carbocycles. The van der Waals surface area contributed by atoms with Gasteiger partial charge in [0.05, 0.1) is 12.1 Å². The van der Waals surface area contributed by atoms with Crippen LogP contribution in [0.4, 0.5) is 5.69 Å². The van der Waals surface area contributed by atoms with Crippen molar-refractivity contribution in [1.29, 1.82) is 0 Å². The summed E-state index contributed by atoms with van der Waals surface area (Å²) < 4.78 is 29.3. The van der Waals surface area contributed by atoms with E-state index in [9.17, 15) is 18.0 Å². The first-order valence-electron chi connectivity index (χ1n) is 9.38. The maximum absolute atomic E-state index is 12.6. The monoisotopic (exact) mass is 440 g/mol. The van der Waals surface area contributed by atoms with E-state index in [1.165, 1.54) is 6.20 Å². The highest BCUT2D eigenvalue weighted by Crippen LogP contribution is 2.22. The molecule has 3 aromatic heterocycles. The van der Waals surface area contributed by atoms with Crippen molar-refractivity contribution in [3.05, 3.63) is 55.0 Å². The highest BCUT2D eigenvalue weighted by molar-refractivity contribution is 7.89. The summed E-state index contributed by atoms with van der Waals surface area (Å²) >= 11 is 0. The Balaban J connectivity index is 1.45. The van der Waals surface area contributed by atoms with Crippen LogP contribution in [0.15, 0.2) is 59.9 Å². The van der Waals surface area contributed by atoms with E-state index in [-0.39, 0.29) is 17.3 Å². The number of nitrogens with zero attached hydrogens (tertiary/aromatic N) is 2. The standard InChI is InChI=1S/C20H20N6O4S/c1-21-19(28)12-26-8-6-13-4-5-14(9-16(13)26)25-18(27)11-24-31(29,30)17-10-23-20-15(17)3-2-7-22-20/h2-10,24H,11-12H2,1H3,(H,21,28)(H,22,23)(H,25,27). The molecule has 10 nitrogen and oxygen atoms in total. The van der Waals surface area contributed by atoms with Gasteiger partial charge in [0.25, 0.3) is 0 Å². The van der Waals surface area contributed by atoms with Gasteiger partial charge in [-0.15, -0.1) is 0 Å². The number of H-pyrrole nitrogens is 1. The molecule has 0 aliphatic rings. The second kappa shape index (κ2) is 8.20. The lowest BCUT2D eigenvalue weighted by molar-refractivity contribution is -0.121. The minimum Gasteiger partial charge on any atom is -0.358 e. The Morgan fingerprint density at radius 1 is 1.16 bits per heavy atom. The zero-order chi connectivity index (χ0) is 22.0. The lowest BCUT2D eigenvalue weighted by Gasteiger charge is -2.09. The number of carbonyl (C=O) groups excluding carboxylic acids is 2. The minimum absolute atomic E-state index is 0.0249. The molecule has 0 atom stereocenters. The van der Waals surface area contributed by atoms with Crippen molar-refractivity contribution in [2.75, 3.05) is 18.9 Å². The molecule has 160 valence electrons. The number of benzene rings is 1. The second-order valence-corrected chi connectivity index (χ2v) is 8.55. The molecule has 4 aromatic rings. The van der Waals surface area contributed by atoms with Crippen LogP contribution in [-0.2, 0) is 26.2 Å². The Kier molecular flexibility index (Phi) is 5.44. The molecule has 4 rings (SSSR count). The summed E-state index contributed by atoms with van der Waals surface area (Å²) in [5.41, 5.74) is 1.71. The van der Waals surface area contributed by atoms with Crippen LogP contribution in [-0.4, -0.2) is 48.4 Å². The van der Waals surface area contributed by atoms with Gasteiger partial charge in [-0.1, -0.05) is 6.07 Å². The zero-order valence-corrected chi connectivity index (χ0v) is 17.4. The van der Waals surface area contributed by atoms with Crippen molar-refractivity contribution in [2.24, 2.45) is 0 Å². The molecule has 1 aromatic carbocycles. The molecule has 0 aliphatic heterocycles. The Bertz CT molecular complexity index is 1390. The van der Waals surface area contributed by atoms with Crippen LogP contribution in [0.5, 0.6) is 0 Å². The quantitative estimate of drug-likeness (QED) is 0.342. The fourth-order valence-electron chi connectivity index (χ4n) is 3.23. The van der Waals surface area contributed by atoms with Gasteiger partial charge in [0.1, 0.15) is 17.1 Å². The van der Waals surface area contributed by atoms with Crippen LogP contribution in [0.2, 0.25) is 0 Å². The molecule has 0 unspecified atom stereocenters. The van der Waals surface area contributed by atoms with Crippen LogP contribution in [0.1, 0.15) is 0 Å². The Morgan fingerprint density at radius 3 is 2.81 bits per heavy atom. The van der Waals surface area contributed by atoms with E-state index in [1.54, 1.807) is 48.3 Å². The number of likely N-dealkylation sites (N-methyl/N-ethyl adjacent to an activating group) is 1. The van der Waals surface area contributed by atoms with Gasteiger partial charge < -0.3 is 20.2 Å². The first-order chi connectivity index (χ1) is 14.9. The largest absolute Gasteiger partial charge is 0.358 e. The van der Waals surface area contributed by atoms with Crippen LogP contribution in [0, 0.1) is 0 Å². The molecule has 3 heterocycles. The summed E-state index contributed by atoms with van der Waals surface area (Å²) in [5, 5.41) is 6.60. The van der Waals surface area contributed by atoms with E-state index >= 15 is 0 Å². The normalized spacial score (nSPS) is 11.6. The number of pyridine rings is 1. The van der Waals surface area contributed by atoms with Gasteiger partial charge in [-0.3, -0.25) is 9.59 Å². The molecule has 2 amide bonds. The second-order valence-electron chi connectivity index (χ2n) is 6.82. The predicted molar refractivity (Wildman–Crippen MR) is 116 cm³/mol. The van der Waals surface area contributed by atoms with Crippen molar-refractivity contribution in [3.63, 3.8) is 0 Å². The summed E-state index contributed by atoms with van der Waals surface area (Å²) in [4.78, 5) is 30.9. The Morgan fingerprint density at radius 2 is 2.00 bits per heavy atom. The van der Waals surface area contributed by atoms with Gasteiger partial charge in [-0.05, 0) is 35.7 Å². The number of nitrogens with one attached hydrogen (secondary N) is 4. The third-order valence-corrected chi connectivity index (χ3v) is 6.22. The first kappa shape index (κ1) is 20.6. The number of rotatable bonds is 7. The average molecular weight is 440 g/mol. The molecule has 0 bridgehead atoms. The number of sulfonamides is 1. The molecule has 0 fully saturated rings. The zero-order valence-electron chi connectivity index (χ0n) is 16.5. The van der Waals surface area contributed by atoms with Gasteiger partial charge >= 0.3 is 0 Å². The average Bonchev–Trinajstić information content (AvgIpc) is 3.37. The number of amides is 2. The third-order valence-electron chi connectivity index (χ3n) is 4.78. The highest BCUT2D eigenvalue weighted by atomic mass is 32.2. The van der Waals surface area contributed by atoms with Crippen LogP contribution < -0.4 is 15.4 Å². The van der Waals surface area contributed by atoms with Crippen molar-refractivity contribution in [2.45, 2.75) is 11.4 Å². The fourth-order valence-corrected chi connectivity index (χ4v) is 4.37. The maximum Gasteiger partial charge on any atom is 0.243 e. The number of carbonyl (C=O) groups is 2. The van der Waals surface area contributed by atoms with Crippen molar-refractivity contribution >= 4 is 49.5 Å². The van der Waals surface area contributed by atoms with E-state index in [0.29, 0.717) is 16.7 Å². The number of anilines is 1. The van der Waals surface area contributed by atoms with Gasteiger partial charge in [-0.25, -0.2) is 18.1 Å². The molecule has 0 saturated carbocycles. The molecule has 4 N–H and O–H groups in total. The first-order valence-corrected chi connectivity index (χ1v) is 10.9. The maximum atomic E-state index is 12.6. The van der Waals surface area contributed by atoms with Crippen molar-refractivity contribution in [1.82, 2.24) is 24.6 Å². The molecular weight excluding hydrogens is 420 g/mol. The van der Waals surface area contributed by atoms with Crippen LogP contribution in [0.3, 0.4) is 0 Å². The molecular formula is C20H20N6O4S. The number of hydrogen-bond donors (Lipinski definition) is 4. The van der Waals surface area contributed by atoms with E-state index < -0.39 is 22.5 Å². The Hall–Kier alpha value is -3.70. The van der Waals surface area contributed by atoms with Gasteiger partial charge in [0.15, 0.2) is 0 Å². The molecule has 11 heteroatoms. The van der Waals surface area contributed by atoms with Gasteiger partial charge in [0.2, 0.25) is 21.8 Å². The molecule has 31 heavy (non-hydrogen) atoms. The van der Waals surface area contributed by atoms with E-state index in [2.05, 4.69) is 25.3 Å². The summed E-state index contributed by atoms with van der Waals surface area (Å²) in [7, 11) is -2.35. The Labute approximate surface area is 177 Å². The van der Waals surface area contributed by atoms with Gasteiger partial charge in [0, 0.05) is 36.7 Å². The summed E-state index contributed by atoms with van der Waals surface area (Å²) in [6.45, 7) is -0.288. The number of hydrogen-bond acceptors (Lipinski definition) is 5. The molecule has 0 saturated heterocycles. The third kappa shape index (κ3) is 4.27. The molecule has 0 radical (unpaired) electrons. The smallest absolute Gasteiger partial charge is 0.243 e. The van der Waals surface area contributed by atoms with Crippen LogP contribution >= 0.6 is 0 Å². The molecule has 0 spiro atoms. The summed E-state index contributed by atoms with van der Waals surface area (Å²) in [6.07, 6.45) is 4.68.